The zero-order chi connectivity index (χ0) is 31.5. The van der Waals surface area contributed by atoms with Gasteiger partial charge in [0.1, 0.15) is 43.2 Å². The van der Waals surface area contributed by atoms with E-state index in [1.54, 1.807) is 6.92 Å². The summed E-state index contributed by atoms with van der Waals surface area (Å²) in [6, 6.07) is 0. The number of esters is 2. The molecule has 0 heterocycles. The SMILES string of the molecule is CCCCC/C=C\CCCCCCCC(=O)OC(COC(=O)CCC)COP(=O)(O)OC1C(O)C(O)C(O)C(O)C1O. The third-order valence-electron chi connectivity index (χ3n) is 6.83. The number of aliphatic hydroxyl groups excluding tert-OH is 5. The summed E-state index contributed by atoms with van der Waals surface area (Å²) in [5.74, 6) is -1.18. The first-order chi connectivity index (χ1) is 19.9. The van der Waals surface area contributed by atoms with Crippen molar-refractivity contribution in [2.45, 2.75) is 140 Å². The molecule has 6 unspecified atom stereocenters. The maximum atomic E-state index is 12.5. The maximum Gasteiger partial charge on any atom is 0.472 e. The van der Waals surface area contributed by atoms with Gasteiger partial charge in [-0.15, -0.1) is 0 Å². The fraction of sp³-hybridized carbons (Fsp3) is 0.857. The second-order valence-corrected chi connectivity index (χ2v) is 12.0. The van der Waals surface area contributed by atoms with E-state index in [0.29, 0.717) is 12.8 Å². The minimum absolute atomic E-state index is 0.0859. The number of carbonyl (C=O) groups excluding carboxylic acids is 2. The topological polar surface area (TPSA) is 210 Å². The number of carbonyl (C=O) groups is 2. The summed E-state index contributed by atoms with van der Waals surface area (Å²) in [6.45, 7) is 2.77. The van der Waals surface area contributed by atoms with E-state index >= 15 is 0 Å². The standard InChI is InChI=1S/C28H51O13P/c1-3-5-6-7-8-9-10-11-12-13-14-15-17-22(30)40-20(18-38-21(29)16-4-2)19-39-42(36,37)41-28-26(34)24(32)23(31)25(33)27(28)35/h8-9,20,23-28,31-35H,3-7,10-19H2,1-2H3,(H,36,37)/b9-8-. The summed E-state index contributed by atoms with van der Waals surface area (Å²) in [6.07, 6.45) is 2.32. The molecule has 1 saturated carbocycles. The van der Waals surface area contributed by atoms with Gasteiger partial charge in [-0.25, -0.2) is 4.57 Å². The van der Waals surface area contributed by atoms with Crippen LogP contribution >= 0.6 is 7.82 Å². The van der Waals surface area contributed by atoms with Crippen molar-refractivity contribution in [3.8, 4) is 0 Å². The van der Waals surface area contributed by atoms with E-state index < -0.39 is 75.7 Å². The molecule has 13 nitrogen and oxygen atoms in total. The van der Waals surface area contributed by atoms with Crippen molar-refractivity contribution in [1.82, 2.24) is 0 Å². The molecular formula is C28H51O13P. The predicted molar refractivity (Wildman–Crippen MR) is 152 cm³/mol. The monoisotopic (exact) mass is 626 g/mol. The van der Waals surface area contributed by atoms with Crippen LogP contribution in [-0.2, 0) is 32.7 Å². The lowest BCUT2D eigenvalue weighted by molar-refractivity contribution is -0.220. The fourth-order valence-electron chi connectivity index (χ4n) is 4.32. The van der Waals surface area contributed by atoms with Crippen molar-refractivity contribution >= 4 is 19.8 Å². The first-order valence-corrected chi connectivity index (χ1v) is 16.5. The van der Waals surface area contributed by atoms with E-state index in [9.17, 15) is 44.6 Å². The normalized spacial score (nSPS) is 26.6. The summed E-state index contributed by atoms with van der Waals surface area (Å²) in [5, 5.41) is 49.3. The summed E-state index contributed by atoms with van der Waals surface area (Å²) >= 11 is 0. The van der Waals surface area contributed by atoms with E-state index in [2.05, 4.69) is 19.1 Å². The van der Waals surface area contributed by atoms with Gasteiger partial charge >= 0.3 is 19.8 Å². The maximum absolute atomic E-state index is 12.5. The highest BCUT2D eigenvalue weighted by atomic mass is 31.2. The highest BCUT2D eigenvalue weighted by Crippen LogP contribution is 2.47. The van der Waals surface area contributed by atoms with Crippen LogP contribution in [0.4, 0.5) is 0 Å². The molecule has 0 bridgehead atoms. The Labute approximate surface area is 248 Å². The zero-order valence-corrected chi connectivity index (χ0v) is 25.7. The van der Waals surface area contributed by atoms with Crippen LogP contribution in [0, 0.1) is 0 Å². The number of hydrogen-bond donors (Lipinski definition) is 6. The van der Waals surface area contributed by atoms with Gasteiger partial charge in [-0.2, -0.15) is 0 Å². The molecule has 42 heavy (non-hydrogen) atoms. The Morgan fingerprint density at radius 1 is 0.714 bits per heavy atom. The molecule has 0 spiro atoms. The first kappa shape index (κ1) is 38.6. The lowest BCUT2D eigenvalue weighted by atomic mass is 9.85. The van der Waals surface area contributed by atoms with Gasteiger partial charge in [-0.3, -0.25) is 18.6 Å². The van der Waals surface area contributed by atoms with E-state index in [1.807, 2.05) is 0 Å². The van der Waals surface area contributed by atoms with Crippen LogP contribution in [-0.4, -0.2) is 98.3 Å². The van der Waals surface area contributed by atoms with Gasteiger partial charge in [0.15, 0.2) is 6.10 Å². The zero-order valence-electron chi connectivity index (χ0n) is 24.8. The Morgan fingerprint density at radius 2 is 1.26 bits per heavy atom. The van der Waals surface area contributed by atoms with Crippen LogP contribution in [0.25, 0.3) is 0 Å². The molecule has 0 aromatic rings. The number of rotatable bonds is 22. The lowest BCUT2D eigenvalue weighted by Crippen LogP contribution is -2.64. The van der Waals surface area contributed by atoms with Crippen LogP contribution in [0.2, 0.25) is 0 Å². The molecule has 0 aliphatic heterocycles. The van der Waals surface area contributed by atoms with Gasteiger partial charge in [-0.1, -0.05) is 58.1 Å². The Balaban J connectivity index is 2.52. The van der Waals surface area contributed by atoms with Crippen LogP contribution in [0.3, 0.4) is 0 Å². The summed E-state index contributed by atoms with van der Waals surface area (Å²) in [5.41, 5.74) is 0. The third kappa shape index (κ3) is 15.4. The highest BCUT2D eigenvalue weighted by Gasteiger charge is 2.51. The molecule has 14 heteroatoms. The number of unbranched alkanes of at least 4 members (excludes halogenated alkanes) is 8. The van der Waals surface area contributed by atoms with E-state index in [4.69, 9.17) is 18.5 Å². The van der Waals surface area contributed by atoms with Gasteiger partial charge in [0.25, 0.3) is 0 Å². The van der Waals surface area contributed by atoms with E-state index in [1.165, 1.54) is 19.3 Å². The van der Waals surface area contributed by atoms with Crippen LogP contribution in [0.1, 0.15) is 97.3 Å². The van der Waals surface area contributed by atoms with Gasteiger partial charge < -0.3 is 39.9 Å². The van der Waals surface area contributed by atoms with Crippen molar-refractivity contribution in [3.05, 3.63) is 12.2 Å². The summed E-state index contributed by atoms with van der Waals surface area (Å²) < 4.78 is 32.5. The van der Waals surface area contributed by atoms with Crippen LogP contribution in [0.5, 0.6) is 0 Å². The molecule has 1 fully saturated rings. The van der Waals surface area contributed by atoms with Crippen molar-refractivity contribution in [3.63, 3.8) is 0 Å². The fourth-order valence-corrected chi connectivity index (χ4v) is 5.29. The second kappa shape index (κ2) is 21.3. The van der Waals surface area contributed by atoms with Crippen molar-refractivity contribution in [2.75, 3.05) is 13.2 Å². The Hall–Kier alpha value is -1.41. The molecule has 0 aromatic carbocycles. The van der Waals surface area contributed by atoms with Crippen molar-refractivity contribution < 1.29 is 63.1 Å². The smallest absolute Gasteiger partial charge is 0.462 e. The minimum Gasteiger partial charge on any atom is -0.462 e. The number of allylic oxidation sites excluding steroid dienone is 2. The molecule has 1 aliphatic rings. The van der Waals surface area contributed by atoms with Gasteiger partial charge in [0, 0.05) is 12.8 Å². The predicted octanol–water partition coefficient (Wildman–Crippen LogP) is 2.43. The molecule has 0 radical (unpaired) electrons. The molecule has 0 aromatic heterocycles. The second-order valence-electron chi connectivity index (χ2n) is 10.6. The molecular weight excluding hydrogens is 575 g/mol. The molecule has 6 N–H and O–H groups in total. The third-order valence-corrected chi connectivity index (χ3v) is 7.81. The Morgan fingerprint density at radius 3 is 1.86 bits per heavy atom. The van der Waals surface area contributed by atoms with E-state index in [-0.39, 0.29) is 12.8 Å². The number of phosphoric ester groups is 1. The molecule has 1 rings (SSSR count). The average molecular weight is 627 g/mol. The molecule has 246 valence electrons. The number of aliphatic hydroxyl groups is 5. The summed E-state index contributed by atoms with van der Waals surface area (Å²) in [4.78, 5) is 34.3. The first-order valence-electron chi connectivity index (χ1n) is 15.0. The number of ether oxygens (including phenoxy) is 2. The van der Waals surface area contributed by atoms with Gasteiger partial charge in [-0.05, 0) is 38.5 Å². The molecule has 1 aliphatic carbocycles. The largest absolute Gasteiger partial charge is 0.472 e. The van der Waals surface area contributed by atoms with E-state index in [0.717, 1.165) is 38.5 Å². The molecule has 6 atom stereocenters. The summed E-state index contributed by atoms with van der Waals surface area (Å²) in [7, 11) is -5.08. The average Bonchev–Trinajstić information content (AvgIpc) is 2.95. The molecule has 0 saturated heterocycles. The minimum atomic E-state index is -5.08. The van der Waals surface area contributed by atoms with Crippen molar-refractivity contribution in [2.24, 2.45) is 0 Å². The Bertz CT molecular complexity index is 823. The lowest BCUT2D eigenvalue weighted by Gasteiger charge is -2.41. The highest BCUT2D eigenvalue weighted by molar-refractivity contribution is 7.47. The molecule has 0 amide bonds. The number of hydrogen-bond acceptors (Lipinski definition) is 12. The number of phosphoric acid groups is 1. The van der Waals surface area contributed by atoms with Crippen molar-refractivity contribution in [1.29, 1.82) is 0 Å². The van der Waals surface area contributed by atoms with Crippen LogP contribution < -0.4 is 0 Å². The van der Waals surface area contributed by atoms with Crippen LogP contribution in [0.15, 0.2) is 12.2 Å². The van der Waals surface area contributed by atoms with Gasteiger partial charge in [0.05, 0.1) is 6.61 Å². The quantitative estimate of drug-likeness (QED) is 0.0442. The Kier molecular flexibility index (Phi) is 19.6. The van der Waals surface area contributed by atoms with Gasteiger partial charge in [0.2, 0.25) is 0 Å².